The van der Waals surface area contributed by atoms with Crippen LogP contribution in [0.3, 0.4) is 0 Å². The molecular weight excluding hydrogens is 266 g/mol. The lowest BCUT2D eigenvalue weighted by molar-refractivity contribution is 0.112. The highest BCUT2D eigenvalue weighted by Gasteiger charge is 2.19. The lowest BCUT2D eigenvalue weighted by Gasteiger charge is -2.29. The van der Waals surface area contributed by atoms with Gasteiger partial charge in [0.25, 0.3) is 0 Å². The average Bonchev–Trinajstić information content (AvgIpc) is 2.85. The molecule has 0 radical (unpaired) electrons. The summed E-state index contributed by atoms with van der Waals surface area (Å²) in [6.45, 7) is 1.88. The lowest BCUT2D eigenvalue weighted by atomic mass is 10.1. The molecule has 0 unspecified atom stereocenters. The molecule has 0 amide bonds. The zero-order valence-corrected chi connectivity index (χ0v) is 11.3. The van der Waals surface area contributed by atoms with Crippen molar-refractivity contribution < 1.29 is 4.79 Å². The molecule has 1 aliphatic heterocycles. The molecule has 0 N–H and O–H groups in total. The molecule has 1 aliphatic rings. The van der Waals surface area contributed by atoms with Gasteiger partial charge in [0.15, 0.2) is 0 Å². The SMILES string of the molecule is O=Cc1ccc(N2CCc3sccc3C2)c(Cl)c1. The van der Waals surface area contributed by atoms with E-state index < -0.39 is 0 Å². The topological polar surface area (TPSA) is 20.3 Å². The quantitative estimate of drug-likeness (QED) is 0.779. The van der Waals surface area contributed by atoms with E-state index in [0.717, 1.165) is 31.5 Å². The number of nitrogens with zero attached hydrogens (tertiary/aromatic N) is 1. The third kappa shape index (κ3) is 2.04. The number of hydrogen-bond donors (Lipinski definition) is 0. The molecule has 0 saturated heterocycles. The number of benzene rings is 1. The van der Waals surface area contributed by atoms with Crippen molar-refractivity contribution in [1.82, 2.24) is 0 Å². The Morgan fingerprint density at radius 3 is 3.00 bits per heavy atom. The number of fused-ring (bicyclic) bond motifs is 1. The van der Waals surface area contributed by atoms with E-state index in [0.29, 0.717) is 10.6 Å². The van der Waals surface area contributed by atoms with Gasteiger partial charge in [0.05, 0.1) is 10.7 Å². The second-order valence-electron chi connectivity index (χ2n) is 4.37. The Bertz CT molecular complexity index is 593. The van der Waals surface area contributed by atoms with Gasteiger partial charge in [0.2, 0.25) is 0 Å². The molecule has 2 heterocycles. The minimum Gasteiger partial charge on any atom is -0.366 e. The first-order valence-electron chi connectivity index (χ1n) is 5.83. The Morgan fingerprint density at radius 1 is 1.33 bits per heavy atom. The number of thiophene rings is 1. The van der Waals surface area contributed by atoms with Crippen LogP contribution in [0.4, 0.5) is 5.69 Å². The molecule has 0 atom stereocenters. The average molecular weight is 278 g/mol. The summed E-state index contributed by atoms with van der Waals surface area (Å²) in [6.07, 6.45) is 1.89. The summed E-state index contributed by atoms with van der Waals surface area (Å²) in [7, 11) is 0. The smallest absolute Gasteiger partial charge is 0.150 e. The van der Waals surface area contributed by atoms with Gasteiger partial charge in [-0.15, -0.1) is 11.3 Å². The van der Waals surface area contributed by atoms with Crippen molar-refractivity contribution in [2.24, 2.45) is 0 Å². The number of carbonyl (C=O) groups is 1. The van der Waals surface area contributed by atoms with Crippen molar-refractivity contribution in [2.45, 2.75) is 13.0 Å². The third-order valence-corrected chi connectivity index (χ3v) is 4.58. The molecule has 2 nitrogen and oxygen atoms in total. The van der Waals surface area contributed by atoms with Crippen LogP contribution in [0.5, 0.6) is 0 Å². The highest BCUT2D eigenvalue weighted by molar-refractivity contribution is 7.10. The summed E-state index contributed by atoms with van der Waals surface area (Å²) in [5.41, 5.74) is 3.03. The fourth-order valence-electron chi connectivity index (χ4n) is 2.31. The number of hydrogen-bond acceptors (Lipinski definition) is 3. The molecule has 1 aromatic heterocycles. The van der Waals surface area contributed by atoms with Gasteiger partial charge in [0, 0.05) is 23.5 Å². The highest BCUT2D eigenvalue weighted by Crippen LogP contribution is 2.32. The van der Waals surface area contributed by atoms with Gasteiger partial charge < -0.3 is 4.90 Å². The number of halogens is 1. The number of aldehydes is 1. The van der Waals surface area contributed by atoms with Gasteiger partial charge in [0.1, 0.15) is 6.29 Å². The Kier molecular flexibility index (Phi) is 3.10. The fraction of sp³-hybridized carbons (Fsp3) is 0.214. The van der Waals surface area contributed by atoms with Crippen LogP contribution in [-0.4, -0.2) is 12.8 Å². The molecule has 0 fully saturated rings. The molecule has 0 bridgehead atoms. The van der Waals surface area contributed by atoms with Gasteiger partial charge >= 0.3 is 0 Å². The minimum atomic E-state index is 0.622. The van der Waals surface area contributed by atoms with Crippen LogP contribution in [0.25, 0.3) is 0 Å². The summed E-state index contributed by atoms with van der Waals surface area (Å²) in [5, 5.41) is 2.80. The number of anilines is 1. The Labute approximate surface area is 115 Å². The highest BCUT2D eigenvalue weighted by atomic mass is 35.5. The zero-order valence-electron chi connectivity index (χ0n) is 9.73. The van der Waals surface area contributed by atoms with Crippen LogP contribution in [0.2, 0.25) is 5.02 Å². The summed E-state index contributed by atoms with van der Waals surface area (Å²) < 4.78 is 0. The van der Waals surface area contributed by atoms with Gasteiger partial charge in [-0.1, -0.05) is 11.6 Å². The zero-order chi connectivity index (χ0) is 12.5. The summed E-state index contributed by atoms with van der Waals surface area (Å²) in [4.78, 5) is 14.5. The van der Waals surface area contributed by atoms with Crippen molar-refractivity contribution in [3.05, 3.63) is 50.7 Å². The molecule has 4 heteroatoms. The van der Waals surface area contributed by atoms with Gasteiger partial charge in [-0.25, -0.2) is 0 Å². The minimum absolute atomic E-state index is 0.622. The molecule has 0 saturated carbocycles. The van der Waals surface area contributed by atoms with E-state index in [9.17, 15) is 4.79 Å². The maximum absolute atomic E-state index is 10.7. The van der Waals surface area contributed by atoms with Crippen LogP contribution in [0.15, 0.2) is 29.6 Å². The second kappa shape index (κ2) is 4.75. The van der Waals surface area contributed by atoms with Crippen LogP contribution < -0.4 is 4.90 Å². The largest absolute Gasteiger partial charge is 0.366 e. The van der Waals surface area contributed by atoms with E-state index in [-0.39, 0.29) is 0 Å². The van der Waals surface area contributed by atoms with Gasteiger partial charge in [-0.05, 0) is 41.6 Å². The fourth-order valence-corrected chi connectivity index (χ4v) is 3.51. The molecule has 18 heavy (non-hydrogen) atoms. The first-order chi connectivity index (χ1) is 8.78. The molecule has 3 rings (SSSR count). The second-order valence-corrected chi connectivity index (χ2v) is 5.78. The molecular formula is C14H12ClNOS. The van der Waals surface area contributed by atoms with Crippen molar-refractivity contribution in [2.75, 3.05) is 11.4 Å². The van der Waals surface area contributed by atoms with Crippen molar-refractivity contribution in [1.29, 1.82) is 0 Å². The normalized spacial score (nSPS) is 14.4. The Hall–Kier alpha value is -1.32. The van der Waals surface area contributed by atoms with E-state index >= 15 is 0 Å². The van der Waals surface area contributed by atoms with Crippen LogP contribution >= 0.6 is 22.9 Å². The maximum atomic E-state index is 10.7. The first-order valence-corrected chi connectivity index (χ1v) is 7.08. The summed E-state index contributed by atoms with van der Waals surface area (Å²) >= 11 is 8.07. The molecule has 0 aliphatic carbocycles. The van der Waals surface area contributed by atoms with Gasteiger partial charge in [-0.3, -0.25) is 4.79 Å². The third-order valence-electron chi connectivity index (χ3n) is 3.26. The Balaban J connectivity index is 1.90. The van der Waals surface area contributed by atoms with Crippen molar-refractivity contribution in [3.8, 4) is 0 Å². The predicted molar refractivity (Wildman–Crippen MR) is 75.9 cm³/mol. The number of carbonyl (C=O) groups excluding carboxylic acids is 1. The maximum Gasteiger partial charge on any atom is 0.150 e. The van der Waals surface area contributed by atoms with Crippen molar-refractivity contribution >= 4 is 34.9 Å². The first kappa shape index (κ1) is 11.8. The van der Waals surface area contributed by atoms with Crippen LogP contribution in [-0.2, 0) is 13.0 Å². The lowest BCUT2D eigenvalue weighted by Crippen LogP contribution is -2.29. The molecule has 92 valence electrons. The molecule has 2 aromatic rings. The van der Waals surface area contributed by atoms with E-state index in [1.54, 1.807) is 6.07 Å². The van der Waals surface area contributed by atoms with Crippen LogP contribution in [0, 0.1) is 0 Å². The van der Waals surface area contributed by atoms with E-state index in [2.05, 4.69) is 16.3 Å². The predicted octanol–water partition coefficient (Wildman–Crippen LogP) is 3.78. The van der Waals surface area contributed by atoms with Crippen LogP contribution in [0.1, 0.15) is 20.8 Å². The standard InChI is InChI=1S/C14H12ClNOS/c15-12-7-10(9-17)1-2-13(12)16-5-3-14-11(8-16)4-6-18-14/h1-2,4,6-7,9H,3,5,8H2. The summed E-state index contributed by atoms with van der Waals surface area (Å²) in [6, 6.07) is 7.66. The van der Waals surface area contributed by atoms with Gasteiger partial charge in [-0.2, -0.15) is 0 Å². The summed E-state index contributed by atoms with van der Waals surface area (Å²) in [5.74, 6) is 0. The van der Waals surface area contributed by atoms with E-state index in [4.69, 9.17) is 11.6 Å². The molecule has 0 spiro atoms. The number of rotatable bonds is 2. The Morgan fingerprint density at radius 2 is 2.22 bits per heavy atom. The monoisotopic (exact) mass is 277 g/mol. The van der Waals surface area contributed by atoms with E-state index in [1.165, 1.54) is 10.4 Å². The van der Waals surface area contributed by atoms with E-state index in [1.807, 2.05) is 23.5 Å². The molecule has 1 aromatic carbocycles. The van der Waals surface area contributed by atoms with Crippen molar-refractivity contribution in [3.63, 3.8) is 0 Å².